The van der Waals surface area contributed by atoms with Crippen LogP contribution >= 0.6 is 0 Å². The molecule has 3 rings (SSSR count). The molecule has 2 aromatic carbocycles. The number of halogens is 3. The molecule has 0 radical (unpaired) electrons. The predicted octanol–water partition coefficient (Wildman–Crippen LogP) is 5.05. The van der Waals surface area contributed by atoms with Crippen LogP contribution in [0.1, 0.15) is 42.2 Å². The highest BCUT2D eigenvalue weighted by Gasteiger charge is 2.26. The van der Waals surface area contributed by atoms with E-state index < -0.39 is 30.5 Å². The van der Waals surface area contributed by atoms with E-state index in [4.69, 9.17) is 9.47 Å². The summed E-state index contributed by atoms with van der Waals surface area (Å²) < 4.78 is 55.5. The van der Waals surface area contributed by atoms with Crippen LogP contribution < -0.4 is 4.74 Å². The second-order valence-corrected chi connectivity index (χ2v) is 6.25. The molecule has 1 aliphatic rings. The zero-order valence-corrected chi connectivity index (χ0v) is 14.5. The molecule has 1 fully saturated rings. The maximum atomic E-state index is 13.9. The van der Waals surface area contributed by atoms with E-state index in [1.165, 1.54) is 5.56 Å². The Labute approximate surface area is 150 Å². The fraction of sp³-hybridized carbons (Fsp3) is 0.400. The van der Waals surface area contributed by atoms with Crippen molar-refractivity contribution in [2.24, 2.45) is 0 Å². The van der Waals surface area contributed by atoms with Gasteiger partial charge in [0.2, 0.25) is 6.86 Å². The summed E-state index contributed by atoms with van der Waals surface area (Å²) in [6, 6.07) is 10.4. The number of hydrogen-bond acceptors (Lipinski definition) is 3. The third kappa shape index (κ3) is 4.19. The molecule has 3 nitrogen and oxygen atoms in total. The van der Waals surface area contributed by atoms with Crippen LogP contribution in [-0.2, 0) is 15.9 Å². The first kappa shape index (κ1) is 18.7. The lowest BCUT2D eigenvalue weighted by molar-refractivity contribution is -0.192. The molecule has 1 aliphatic heterocycles. The summed E-state index contributed by atoms with van der Waals surface area (Å²) in [5, 5.41) is 0. The summed E-state index contributed by atoms with van der Waals surface area (Å²) in [5.74, 6) is -2.65. The fourth-order valence-electron chi connectivity index (χ4n) is 3.04. The molecule has 0 unspecified atom stereocenters. The second kappa shape index (κ2) is 8.56. The van der Waals surface area contributed by atoms with E-state index in [-0.39, 0.29) is 11.5 Å². The molecule has 0 bridgehead atoms. The van der Waals surface area contributed by atoms with Crippen molar-refractivity contribution in [3.8, 4) is 5.75 Å². The van der Waals surface area contributed by atoms with E-state index in [0.29, 0.717) is 13.2 Å². The monoisotopic (exact) mass is 366 g/mol. The molecular formula is C20H21F3O3. The van der Waals surface area contributed by atoms with Crippen LogP contribution in [0.15, 0.2) is 36.4 Å². The van der Waals surface area contributed by atoms with Crippen LogP contribution in [0.25, 0.3) is 0 Å². The highest BCUT2D eigenvalue weighted by atomic mass is 19.1. The van der Waals surface area contributed by atoms with Crippen molar-refractivity contribution in [1.29, 1.82) is 0 Å². The van der Waals surface area contributed by atoms with Crippen molar-refractivity contribution in [2.45, 2.75) is 32.0 Å². The molecule has 140 valence electrons. The van der Waals surface area contributed by atoms with Crippen LogP contribution in [0.3, 0.4) is 0 Å². The van der Waals surface area contributed by atoms with Crippen molar-refractivity contribution in [1.82, 2.24) is 0 Å². The molecular weight excluding hydrogens is 345 g/mol. The second-order valence-electron chi connectivity index (χ2n) is 6.25. The lowest BCUT2D eigenvalue weighted by Crippen LogP contribution is -2.25. The van der Waals surface area contributed by atoms with Gasteiger partial charge in [-0.25, -0.2) is 13.2 Å². The van der Waals surface area contributed by atoms with E-state index in [1.54, 1.807) is 0 Å². The molecule has 0 spiro atoms. The summed E-state index contributed by atoms with van der Waals surface area (Å²) in [4.78, 5) is 0. The maximum absolute atomic E-state index is 13.9. The highest BCUT2D eigenvalue weighted by Crippen LogP contribution is 2.33. The highest BCUT2D eigenvalue weighted by molar-refractivity contribution is 5.32. The first-order valence-corrected chi connectivity index (χ1v) is 8.62. The Balaban J connectivity index is 1.65. The van der Waals surface area contributed by atoms with Gasteiger partial charge >= 0.3 is 0 Å². The zero-order valence-electron chi connectivity index (χ0n) is 14.5. The van der Waals surface area contributed by atoms with Gasteiger partial charge in [-0.3, -0.25) is 0 Å². The summed E-state index contributed by atoms with van der Waals surface area (Å²) in [6.07, 6.45) is 1.27. The molecule has 1 heterocycles. The Hall–Kier alpha value is -2.05. The average molecular weight is 366 g/mol. The Bertz CT molecular complexity index is 703. The van der Waals surface area contributed by atoms with Gasteiger partial charge in [0, 0.05) is 11.5 Å². The number of alkyl halides is 1. The third-order valence-electron chi connectivity index (χ3n) is 4.38. The van der Waals surface area contributed by atoms with E-state index in [1.807, 2.05) is 0 Å². The topological polar surface area (TPSA) is 27.7 Å². The Kier molecular flexibility index (Phi) is 6.16. The molecule has 6 heteroatoms. The molecule has 0 saturated carbocycles. The standard InChI is InChI=1S/C20H21F3O3/c1-2-3-13-4-6-14(7-5-13)16-10-24-20(25-11-16)15-8-17(22)19(26-12-21)18(23)9-15/h4-9,16,20H,2-3,10-12H2,1H3. The minimum absolute atomic E-state index is 0.0609. The van der Waals surface area contributed by atoms with Crippen LogP contribution in [0.2, 0.25) is 0 Å². The van der Waals surface area contributed by atoms with E-state index in [0.717, 1.165) is 30.5 Å². The fourth-order valence-corrected chi connectivity index (χ4v) is 3.04. The number of rotatable bonds is 6. The van der Waals surface area contributed by atoms with Crippen LogP contribution in [0, 0.1) is 11.6 Å². The van der Waals surface area contributed by atoms with Crippen molar-refractivity contribution >= 4 is 0 Å². The lowest BCUT2D eigenvalue weighted by atomic mass is 9.98. The molecule has 26 heavy (non-hydrogen) atoms. The third-order valence-corrected chi connectivity index (χ3v) is 4.38. The minimum Gasteiger partial charge on any atom is -0.457 e. The maximum Gasteiger partial charge on any atom is 0.228 e. The molecule has 0 amide bonds. The molecule has 0 atom stereocenters. The zero-order chi connectivity index (χ0) is 18.5. The van der Waals surface area contributed by atoms with Gasteiger partial charge in [-0.1, -0.05) is 37.6 Å². The summed E-state index contributed by atoms with van der Waals surface area (Å²) in [5.41, 5.74) is 2.59. The smallest absolute Gasteiger partial charge is 0.228 e. The van der Waals surface area contributed by atoms with Crippen LogP contribution in [-0.4, -0.2) is 20.1 Å². The number of benzene rings is 2. The van der Waals surface area contributed by atoms with Gasteiger partial charge in [-0.15, -0.1) is 0 Å². The van der Waals surface area contributed by atoms with E-state index in [9.17, 15) is 13.2 Å². The van der Waals surface area contributed by atoms with Crippen molar-refractivity contribution in [3.05, 3.63) is 64.7 Å². The largest absolute Gasteiger partial charge is 0.457 e. The first-order valence-electron chi connectivity index (χ1n) is 8.62. The van der Waals surface area contributed by atoms with Gasteiger partial charge in [-0.2, -0.15) is 0 Å². The number of ether oxygens (including phenoxy) is 3. The Morgan fingerprint density at radius 3 is 2.15 bits per heavy atom. The predicted molar refractivity (Wildman–Crippen MR) is 90.8 cm³/mol. The van der Waals surface area contributed by atoms with Gasteiger partial charge in [-0.05, 0) is 29.7 Å². The average Bonchev–Trinajstić information content (AvgIpc) is 2.66. The Morgan fingerprint density at radius 2 is 1.62 bits per heavy atom. The van der Waals surface area contributed by atoms with E-state index >= 15 is 0 Å². The van der Waals surface area contributed by atoms with E-state index in [2.05, 4.69) is 35.9 Å². The summed E-state index contributed by atoms with van der Waals surface area (Å²) in [6.45, 7) is 1.59. The molecule has 0 N–H and O–H groups in total. The SMILES string of the molecule is CCCc1ccc(C2COC(c3cc(F)c(OCF)c(F)c3)OC2)cc1. The van der Waals surface area contributed by atoms with Gasteiger partial charge in [0.05, 0.1) is 13.2 Å². The molecule has 1 saturated heterocycles. The number of aryl methyl sites for hydroxylation is 1. The molecule has 2 aromatic rings. The molecule has 0 aliphatic carbocycles. The summed E-state index contributed by atoms with van der Waals surface area (Å²) >= 11 is 0. The van der Waals surface area contributed by atoms with Crippen LogP contribution in [0.5, 0.6) is 5.75 Å². The van der Waals surface area contributed by atoms with Crippen molar-refractivity contribution in [2.75, 3.05) is 20.1 Å². The van der Waals surface area contributed by atoms with Crippen molar-refractivity contribution in [3.63, 3.8) is 0 Å². The van der Waals surface area contributed by atoms with Gasteiger partial charge < -0.3 is 14.2 Å². The van der Waals surface area contributed by atoms with Crippen molar-refractivity contribution < 1.29 is 27.4 Å². The minimum atomic E-state index is -1.30. The van der Waals surface area contributed by atoms with Gasteiger partial charge in [0.1, 0.15) is 0 Å². The first-order chi connectivity index (χ1) is 12.6. The Morgan fingerprint density at radius 1 is 1.00 bits per heavy atom. The van der Waals surface area contributed by atoms with Crippen LogP contribution in [0.4, 0.5) is 13.2 Å². The van der Waals surface area contributed by atoms with Gasteiger partial charge in [0.15, 0.2) is 23.7 Å². The number of hydrogen-bond donors (Lipinski definition) is 0. The molecule has 0 aromatic heterocycles. The van der Waals surface area contributed by atoms with Gasteiger partial charge in [0.25, 0.3) is 0 Å². The quantitative estimate of drug-likeness (QED) is 0.716. The summed E-state index contributed by atoms with van der Waals surface area (Å²) in [7, 11) is 0. The normalized spacial score (nSPS) is 20.2. The lowest BCUT2D eigenvalue weighted by Gasteiger charge is -2.30.